The Hall–Kier alpha value is -1.15. The molecule has 0 spiro atoms. The van der Waals surface area contributed by atoms with Gasteiger partial charge in [0.15, 0.2) is 5.78 Å². The Bertz CT molecular complexity index is 455. The van der Waals surface area contributed by atoms with Gasteiger partial charge in [-0.15, -0.1) is 0 Å². The Kier molecular flexibility index (Phi) is 3.10. The highest BCUT2D eigenvalue weighted by atomic mass is 79.9. The van der Waals surface area contributed by atoms with Crippen molar-refractivity contribution < 1.29 is 4.79 Å². The first-order valence-electron chi connectivity index (χ1n) is 5.26. The zero-order chi connectivity index (χ0) is 11.6. The summed E-state index contributed by atoms with van der Waals surface area (Å²) in [7, 11) is 0. The van der Waals surface area contributed by atoms with Crippen LogP contribution in [0.1, 0.15) is 23.7 Å². The normalized spacial score (nSPS) is 24.0. The number of carbonyl (C=O) groups is 1. The van der Waals surface area contributed by atoms with E-state index in [1.54, 1.807) is 0 Å². The summed E-state index contributed by atoms with van der Waals surface area (Å²) in [6.07, 6.45) is 6.76. The first-order valence-corrected chi connectivity index (χ1v) is 6.06. The fourth-order valence-corrected chi connectivity index (χ4v) is 1.93. The number of allylic oxidation sites excluding steroid dienone is 4. The van der Waals surface area contributed by atoms with E-state index < -0.39 is 0 Å². The van der Waals surface area contributed by atoms with E-state index in [1.165, 1.54) is 0 Å². The van der Waals surface area contributed by atoms with Crippen molar-refractivity contribution in [3.05, 3.63) is 59.7 Å². The van der Waals surface area contributed by atoms with Gasteiger partial charge in [0.1, 0.15) is 0 Å². The van der Waals surface area contributed by atoms with Crippen LogP contribution in [0.5, 0.6) is 0 Å². The second kappa shape index (κ2) is 4.38. The number of alkyl halides is 1. The van der Waals surface area contributed by atoms with Crippen LogP contribution in [-0.2, 0) is 0 Å². The maximum absolute atomic E-state index is 12.1. The molecule has 0 heterocycles. The standard InChI is InChI=1S/C14H13BrO/c1-14(15)9-7-12(8-10-14)13(16)11-5-3-2-4-6-11/h2-9H,10H2,1H3/t14-/m0/s1. The Morgan fingerprint density at radius 2 is 2.00 bits per heavy atom. The summed E-state index contributed by atoms with van der Waals surface area (Å²) in [5.41, 5.74) is 1.53. The Balaban J connectivity index is 2.20. The van der Waals surface area contributed by atoms with E-state index in [1.807, 2.05) is 48.6 Å². The maximum atomic E-state index is 12.1. The molecule has 0 fully saturated rings. The van der Waals surface area contributed by atoms with Crippen LogP contribution in [0.4, 0.5) is 0 Å². The number of ketones is 1. The van der Waals surface area contributed by atoms with E-state index in [0.29, 0.717) is 0 Å². The number of Topliss-reactive ketones (excluding diaryl/α,β-unsaturated/α-hetero) is 1. The molecule has 0 aromatic heterocycles. The summed E-state index contributed by atoms with van der Waals surface area (Å²) in [4.78, 5) is 12.1. The minimum atomic E-state index is -0.00648. The SMILES string of the molecule is C[C@]1(Br)C=CC(C(=O)c2ccccc2)=CC1. The highest BCUT2D eigenvalue weighted by molar-refractivity contribution is 9.10. The molecule has 16 heavy (non-hydrogen) atoms. The quantitative estimate of drug-likeness (QED) is 0.591. The van der Waals surface area contributed by atoms with Gasteiger partial charge in [0.2, 0.25) is 0 Å². The third-order valence-corrected chi connectivity index (χ3v) is 3.22. The van der Waals surface area contributed by atoms with Gasteiger partial charge in [-0.25, -0.2) is 0 Å². The summed E-state index contributed by atoms with van der Waals surface area (Å²) in [5, 5.41) is 0. The van der Waals surface area contributed by atoms with Crippen LogP contribution >= 0.6 is 15.9 Å². The predicted molar refractivity (Wildman–Crippen MR) is 69.9 cm³/mol. The van der Waals surface area contributed by atoms with Crippen molar-refractivity contribution >= 4 is 21.7 Å². The highest BCUT2D eigenvalue weighted by Crippen LogP contribution is 2.29. The molecule has 2 rings (SSSR count). The van der Waals surface area contributed by atoms with Gasteiger partial charge in [-0.2, -0.15) is 0 Å². The zero-order valence-electron chi connectivity index (χ0n) is 9.11. The molecule has 1 aliphatic carbocycles. The minimum Gasteiger partial charge on any atom is -0.289 e. The molecule has 0 saturated heterocycles. The van der Waals surface area contributed by atoms with Crippen molar-refractivity contribution in [2.24, 2.45) is 0 Å². The monoisotopic (exact) mass is 276 g/mol. The van der Waals surface area contributed by atoms with Crippen molar-refractivity contribution in [3.8, 4) is 0 Å². The number of hydrogen-bond donors (Lipinski definition) is 0. The number of halogens is 1. The Labute approximate surface area is 104 Å². The third kappa shape index (κ3) is 2.50. The Morgan fingerprint density at radius 1 is 1.31 bits per heavy atom. The molecule has 0 saturated carbocycles. The van der Waals surface area contributed by atoms with Gasteiger partial charge in [0.05, 0.1) is 0 Å². The number of benzene rings is 1. The van der Waals surface area contributed by atoms with Gasteiger partial charge in [-0.05, 0) is 13.3 Å². The molecule has 0 bridgehead atoms. The van der Waals surface area contributed by atoms with Crippen molar-refractivity contribution in [1.82, 2.24) is 0 Å². The van der Waals surface area contributed by atoms with Gasteiger partial charge in [0, 0.05) is 15.5 Å². The average molecular weight is 277 g/mol. The molecule has 82 valence electrons. The Morgan fingerprint density at radius 3 is 2.56 bits per heavy atom. The number of rotatable bonds is 2. The van der Waals surface area contributed by atoms with Gasteiger partial charge in [-0.1, -0.05) is 64.5 Å². The second-order valence-corrected chi connectivity index (χ2v) is 5.98. The molecule has 0 aliphatic heterocycles. The van der Waals surface area contributed by atoms with E-state index >= 15 is 0 Å². The lowest BCUT2D eigenvalue weighted by Crippen LogP contribution is -2.15. The maximum Gasteiger partial charge on any atom is 0.192 e. The van der Waals surface area contributed by atoms with Crippen LogP contribution < -0.4 is 0 Å². The molecule has 1 nitrogen and oxygen atoms in total. The fraction of sp³-hybridized carbons (Fsp3) is 0.214. The summed E-state index contributed by atoms with van der Waals surface area (Å²) in [6.45, 7) is 2.09. The lowest BCUT2D eigenvalue weighted by molar-refractivity contribution is 0.103. The molecular formula is C14H13BrO. The van der Waals surface area contributed by atoms with Gasteiger partial charge in [-0.3, -0.25) is 4.79 Å². The molecular weight excluding hydrogens is 264 g/mol. The lowest BCUT2D eigenvalue weighted by atomic mass is 9.93. The van der Waals surface area contributed by atoms with Gasteiger partial charge in [0.25, 0.3) is 0 Å². The van der Waals surface area contributed by atoms with Crippen molar-refractivity contribution in [3.63, 3.8) is 0 Å². The largest absolute Gasteiger partial charge is 0.289 e. The van der Waals surface area contributed by atoms with Crippen LogP contribution in [0.15, 0.2) is 54.1 Å². The van der Waals surface area contributed by atoms with Gasteiger partial charge >= 0.3 is 0 Å². The van der Waals surface area contributed by atoms with Gasteiger partial charge < -0.3 is 0 Å². The number of carbonyl (C=O) groups excluding carboxylic acids is 1. The first kappa shape index (κ1) is 11.3. The minimum absolute atomic E-state index is 0.00648. The van der Waals surface area contributed by atoms with Crippen molar-refractivity contribution in [2.45, 2.75) is 17.7 Å². The topological polar surface area (TPSA) is 17.1 Å². The first-order chi connectivity index (χ1) is 7.58. The molecule has 1 aliphatic rings. The van der Waals surface area contributed by atoms with E-state index in [2.05, 4.69) is 22.9 Å². The average Bonchev–Trinajstić information content (AvgIpc) is 2.29. The fourth-order valence-electron chi connectivity index (χ4n) is 1.63. The summed E-state index contributed by atoms with van der Waals surface area (Å²) < 4.78 is -0.00648. The molecule has 0 unspecified atom stereocenters. The predicted octanol–water partition coefficient (Wildman–Crippen LogP) is 3.91. The van der Waals surface area contributed by atoms with Crippen LogP contribution in [0.25, 0.3) is 0 Å². The smallest absolute Gasteiger partial charge is 0.192 e. The summed E-state index contributed by atoms with van der Waals surface area (Å²) in [6, 6.07) is 9.37. The molecule has 0 N–H and O–H groups in total. The lowest BCUT2D eigenvalue weighted by Gasteiger charge is -2.20. The van der Waals surface area contributed by atoms with Crippen LogP contribution in [-0.4, -0.2) is 10.1 Å². The highest BCUT2D eigenvalue weighted by Gasteiger charge is 2.20. The molecule has 1 atom stereocenters. The second-order valence-electron chi connectivity index (χ2n) is 4.17. The molecule has 2 heteroatoms. The van der Waals surface area contributed by atoms with Crippen molar-refractivity contribution in [1.29, 1.82) is 0 Å². The summed E-state index contributed by atoms with van der Waals surface area (Å²) >= 11 is 3.58. The van der Waals surface area contributed by atoms with E-state index in [4.69, 9.17) is 0 Å². The van der Waals surface area contributed by atoms with E-state index in [0.717, 1.165) is 17.6 Å². The van der Waals surface area contributed by atoms with E-state index in [-0.39, 0.29) is 10.1 Å². The van der Waals surface area contributed by atoms with Crippen LogP contribution in [0.3, 0.4) is 0 Å². The third-order valence-electron chi connectivity index (χ3n) is 2.63. The molecule has 0 amide bonds. The molecule has 0 radical (unpaired) electrons. The molecule has 1 aromatic rings. The van der Waals surface area contributed by atoms with Crippen LogP contribution in [0, 0.1) is 0 Å². The zero-order valence-corrected chi connectivity index (χ0v) is 10.7. The van der Waals surface area contributed by atoms with Crippen molar-refractivity contribution in [2.75, 3.05) is 0 Å². The van der Waals surface area contributed by atoms with E-state index in [9.17, 15) is 4.79 Å². The molecule has 1 aromatic carbocycles. The van der Waals surface area contributed by atoms with Crippen LogP contribution in [0.2, 0.25) is 0 Å². The number of hydrogen-bond acceptors (Lipinski definition) is 1. The summed E-state index contributed by atoms with van der Waals surface area (Å²) in [5.74, 6) is 0.0971.